The quantitative estimate of drug-likeness (QED) is 0.616. The summed E-state index contributed by atoms with van der Waals surface area (Å²) in [5.41, 5.74) is 1.33. The molecule has 7 nitrogen and oxygen atoms in total. The third-order valence-corrected chi connectivity index (χ3v) is 9.68. The number of aromatic nitrogens is 1. The first-order valence-corrected chi connectivity index (χ1v) is 12.6. The maximum Gasteiger partial charge on any atom is 0.305 e. The number of nitrogens with zero attached hydrogens (tertiary/aromatic N) is 2. The number of aryl methyl sites for hydroxylation is 1. The number of hydrogen-bond acceptors (Lipinski definition) is 6. The zero-order chi connectivity index (χ0) is 21.5. The van der Waals surface area contributed by atoms with E-state index in [1.165, 1.54) is 15.6 Å². The monoisotopic (exact) mass is 483 g/mol. The van der Waals surface area contributed by atoms with Crippen LogP contribution < -0.4 is 4.87 Å². The molecule has 0 saturated carbocycles. The molecule has 0 atom stereocenters. The van der Waals surface area contributed by atoms with Gasteiger partial charge in [0.25, 0.3) is 15.9 Å². The minimum atomic E-state index is -3.75. The van der Waals surface area contributed by atoms with Crippen molar-refractivity contribution in [1.29, 1.82) is 0 Å². The van der Waals surface area contributed by atoms with Crippen LogP contribution in [0.25, 0.3) is 10.4 Å². The first-order valence-electron chi connectivity index (χ1n) is 9.10. The Kier molecular flexibility index (Phi) is 5.86. The van der Waals surface area contributed by atoms with E-state index in [0.29, 0.717) is 40.0 Å². The Morgan fingerprint density at radius 2 is 1.70 bits per heavy atom. The molecule has 0 spiro atoms. The standard InChI is InChI=1S/C19H18ClN3O4S3/c1-12-18(29-19(25)21-12)30(26,27)23-10-8-22(9-11-23)17(24)16-7-6-15(28-16)13-2-4-14(20)5-3-13/h2-7H,8-11H2,1H3,(H,21,25). The van der Waals surface area contributed by atoms with Gasteiger partial charge in [0.15, 0.2) is 4.21 Å². The average molecular weight is 484 g/mol. The number of piperazine rings is 1. The van der Waals surface area contributed by atoms with Crippen LogP contribution in [0.2, 0.25) is 5.02 Å². The molecule has 1 fully saturated rings. The SMILES string of the molecule is Cc1[nH]c(=O)sc1S(=O)(=O)N1CCN(C(=O)c2ccc(-c3ccc(Cl)cc3)s2)CC1. The first kappa shape index (κ1) is 21.3. The molecule has 1 saturated heterocycles. The number of carbonyl (C=O) groups excluding carboxylic acids is 1. The fourth-order valence-electron chi connectivity index (χ4n) is 3.26. The van der Waals surface area contributed by atoms with Crippen molar-refractivity contribution in [3.63, 3.8) is 0 Å². The summed E-state index contributed by atoms with van der Waals surface area (Å²) in [4.78, 5) is 29.7. The Morgan fingerprint density at radius 3 is 2.30 bits per heavy atom. The number of carbonyl (C=O) groups is 1. The van der Waals surface area contributed by atoms with Gasteiger partial charge in [0.05, 0.1) is 4.88 Å². The summed E-state index contributed by atoms with van der Waals surface area (Å²) in [5.74, 6) is -0.111. The fraction of sp³-hybridized carbons (Fsp3) is 0.263. The average Bonchev–Trinajstić information content (AvgIpc) is 3.35. The molecule has 1 aliphatic heterocycles. The fourth-order valence-corrected chi connectivity index (χ4v) is 7.23. The summed E-state index contributed by atoms with van der Waals surface area (Å²) in [6, 6.07) is 11.1. The van der Waals surface area contributed by atoms with Crippen LogP contribution in [0.1, 0.15) is 15.4 Å². The summed E-state index contributed by atoms with van der Waals surface area (Å²) in [6.45, 7) is 2.54. The van der Waals surface area contributed by atoms with Gasteiger partial charge in [-0.1, -0.05) is 35.1 Å². The molecule has 1 aromatic carbocycles. The van der Waals surface area contributed by atoms with Gasteiger partial charge in [-0.25, -0.2) is 8.42 Å². The highest BCUT2D eigenvalue weighted by Crippen LogP contribution is 2.30. The van der Waals surface area contributed by atoms with Gasteiger partial charge in [-0.3, -0.25) is 9.59 Å². The van der Waals surface area contributed by atoms with Crippen molar-refractivity contribution in [2.75, 3.05) is 26.2 Å². The number of H-pyrrole nitrogens is 1. The molecular weight excluding hydrogens is 466 g/mol. The number of aromatic amines is 1. The third-order valence-electron chi connectivity index (χ3n) is 4.83. The van der Waals surface area contributed by atoms with E-state index in [2.05, 4.69) is 4.98 Å². The van der Waals surface area contributed by atoms with E-state index >= 15 is 0 Å². The zero-order valence-electron chi connectivity index (χ0n) is 15.9. The number of sulfonamides is 1. The van der Waals surface area contributed by atoms with E-state index < -0.39 is 14.9 Å². The number of amides is 1. The molecule has 158 valence electrons. The molecule has 0 aliphatic carbocycles. The molecule has 30 heavy (non-hydrogen) atoms. The molecule has 3 heterocycles. The Bertz CT molecular complexity index is 1240. The van der Waals surface area contributed by atoms with Gasteiger partial charge in [0.2, 0.25) is 0 Å². The van der Waals surface area contributed by atoms with Gasteiger partial charge in [0.1, 0.15) is 0 Å². The summed E-state index contributed by atoms with van der Waals surface area (Å²) in [7, 11) is -3.75. The largest absolute Gasteiger partial charge is 0.335 e. The number of hydrogen-bond donors (Lipinski definition) is 1. The van der Waals surface area contributed by atoms with E-state index in [0.717, 1.165) is 10.4 Å². The Morgan fingerprint density at radius 1 is 1.03 bits per heavy atom. The Hall–Kier alpha value is -1.98. The van der Waals surface area contributed by atoms with E-state index in [1.54, 1.807) is 30.0 Å². The van der Waals surface area contributed by atoms with E-state index in [1.807, 2.05) is 18.2 Å². The highest BCUT2D eigenvalue weighted by atomic mass is 35.5. The van der Waals surface area contributed by atoms with Gasteiger partial charge in [-0.15, -0.1) is 11.3 Å². The van der Waals surface area contributed by atoms with Gasteiger partial charge in [0, 0.05) is 41.8 Å². The molecule has 11 heteroatoms. The second kappa shape index (κ2) is 8.27. The molecule has 3 aromatic rings. The molecule has 0 radical (unpaired) electrons. The maximum absolute atomic E-state index is 12.9. The van der Waals surface area contributed by atoms with Crippen LogP contribution in [0.15, 0.2) is 45.4 Å². The van der Waals surface area contributed by atoms with Gasteiger partial charge in [-0.2, -0.15) is 4.31 Å². The molecule has 1 aliphatic rings. The minimum absolute atomic E-state index is 0.0399. The Labute approximate surface area is 186 Å². The van der Waals surface area contributed by atoms with Crippen molar-refractivity contribution in [2.24, 2.45) is 0 Å². The maximum atomic E-state index is 12.9. The van der Waals surface area contributed by atoms with Crippen LogP contribution in [0, 0.1) is 6.92 Å². The molecule has 0 unspecified atom stereocenters. The predicted octanol–water partition coefficient (Wildman–Crippen LogP) is 3.27. The van der Waals surface area contributed by atoms with Crippen molar-refractivity contribution in [3.05, 3.63) is 61.7 Å². The number of thiazole rings is 1. The van der Waals surface area contributed by atoms with E-state index in [-0.39, 0.29) is 23.2 Å². The number of halogens is 1. The number of benzene rings is 1. The topological polar surface area (TPSA) is 90.5 Å². The summed E-state index contributed by atoms with van der Waals surface area (Å²) >= 11 is 8.02. The highest BCUT2D eigenvalue weighted by molar-refractivity contribution is 7.91. The lowest BCUT2D eigenvalue weighted by atomic mass is 10.2. The lowest BCUT2D eigenvalue weighted by Gasteiger charge is -2.33. The van der Waals surface area contributed by atoms with Crippen LogP contribution in [-0.2, 0) is 10.0 Å². The predicted molar refractivity (Wildman–Crippen MR) is 119 cm³/mol. The van der Waals surface area contributed by atoms with Crippen LogP contribution in [0.5, 0.6) is 0 Å². The van der Waals surface area contributed by atoms with Crippen LogP contribution in [0.3, 0.4) is 0 Å². The lowest BCUT2D eigenvalue weighted by Crippen LogP contribution is -2.50. The highest BCUT2D eigenvalue weighted by Gasteiger charge is 2.33. The van der Waals surface area contributed by atoms with Crippen LogP contribution in [-0.4, -0.2) is 54.7 Å². The van der Waals surface area contributed by atoms with Gasteiger partial charge in [-0.05, 0) is 36.8 Å². The number of rotatable bonds is 4. The minimum Gasteiger partial charge on any atom is -0.335 e. The smallest absolute Gasteiger partial charge is 0.305 e. The van der Waals surface area contributed by atoms with Crippen molar-refractivity contribution >= 4 is 50.2 Å². The van der Waals surface area contributed by atoms with Crippen molar-refractivity contribution in [2.45, 2.75) is 11.1 Å². The van der Waals surface area contributed by atoms with Crippen molar-refractivity contribution in [1.82, 2.24) is 14.2 Å². The third kappa shape index (κ3) is 4.10. The summed E-state index contributed by atoms with van der Waals surface area (Å²) in [5, 5.41) is 0.654. The number of thiophene rings is 1. The van der Waals surface area contributed by atoms with Crippen LogP contribution in [0.4, 0.5) is 0 Å². The van der Waals surface area contributed by atoms with Gasteiger partial charge < -0.3 is 9.88 Å². The van der Waals surface area contributed by atoms with Gasteiger partial charge >= 0.3 is 4.87 Å². The van der Waals surface area contributed by atoms with Crippen molar-refractivity contribution in [3.8, 4) is 10.4 Å². The molecule has 1 amide bonds. The second-order valence-electron chi connectivity index (χ2n) is 6.79. The zero-order valence-corrected chi connectivity index (χ0v) is 19.1. The number of nitrogens with one attached hydrogen (secondary N) is 1. The second-order valence-corrected chi connectivity index (χ2v) is 11.4. The Balaban J connectivity index is 1.44. The molecular formula is C19H18ClN3O4S3. The van der Waals surface area contributed by atoms with E-state index in [9.17, 15) is 18.0 Å². The summed E-state index contributed by atoms with van der Waals surface area (Å²) in [6.07, 6.45) is 0. The lowest BCUT2D eigenvalue weighted by molar-refractivity contribution is 0.0703. The van der Waals surface area contributed by atoms with Crippen molar-refractivity contribution < 1.29 is 13.2 Å². The molecule has 4 rings (SSSR count). The summed E-state index contributed by atoms with van der Waals surface area (Å²) < 4.78 is 27.0. The normalized spacial score (nSPS) is 15.5. The van der Waals surface area contributed by atoms with E-state index in [4.69, 9.17) is 11.6 Å². The first-order chi connectivity index (χ1) is 14.3. The van der Waals surface area contributed by atoms with Crippen LogP contribution >= 0.6 is 34.3 Å². The molecule has 1 N–H and O–H groups in total. The molecule has 0 bridgehead atoms. The molecule has 2 aromatic heterocycles.